The van der Waals surface area contributed by atoms with E-state index in [1.54, 1.807) is 54.6 Å². The Balaban J connectivity index is 1.98. The first-order valence-corrected chi connectivity index (χ1v) is 12.5. The minimum Gasteiger partial charge on any atom is -0.493 e. The van der Waals surface area contributed by atoms with Crippen molar-refractivity contribution in [3.8, 4) is 11.5 Å². The fraction of sp³-hybridized carbons (Fsp3) is 0.222. The number of rotatable bonds is 10. The smallest absolute Gasteiger partial charge is 0.271 e. The number of carbonyl (C=O) groups excluding carboxylic acids is 1. The molecule has 34 heavy (non-hydrogen) atoms. The van der Waals surface area contributed by atoms with Crippen LogP contribution in [0.3, 0.4) is 0 Å². The number of nitrogens with zero attached hydrogens (tertiary/aromatic N) is 1. The zero-order valence-electron chi connectivity index (χ0n) is 19.6. The summed E-state index contributed by atoms with van der Waals surface area (Å²) < 4.78 is 38.3. The SMILES string of the molecule is CCCCc1ccc(N(C(=O)/C=C/c2ccc(OC)c(OC)c2)S(=O)(=O)c2ccccc2)cc1. The van der Waals surface area contributed by atoms with Gasteiger partial charge in [-0.25, -0.2) is 8.42 Å². The van der Waals surface area contributed by atoms with Crippen molar-refractivity contribution >= 4 is 27.7 Å². The molecule has 3 rings (SSSR count). The highest BCUT2D eigenvalue weighted by atomic mass is 32.2. The summed E-state index contributed by atoms with van der Waals surface area (Å²) >= 11 is 0. The van der Waals surface area contributed by atoms with E-state index in [2.05, 4.69) is 6.92 Å². The predicted octanol–water partition coefficient (Wildman–Crippen LogP) is 5.48. The Labute approximate surface area is 201 Å². The molecule has 3 aromatic rings. The fourth-order valence-electron chi connectivity index (χ4n) is 3.45. The quantitative estimate of drug-likeness (QED) is 0.360. The summed E-state index contributed by atoms with van der Waals surface area (Å²) in [6, 6.07) is 20.2. The number of sulfonamides is 1. The third-order valence-corrected chi connectivity index (χ3v) is 7.04. The van der Waals surface area contributed by atoms with Gasteiger partial charge in [0.1, 0.15) is 0 Å². The average molecular weight is 480 g/mol. The zero-order chi connectivity index (χ0) is 24.6. The van der Waals surface area contributed by atoms with Gasteiger partial charge in [0.2, 0.25) is 0 Å². The molecule has 0 bridgehead atoms. The van der Waals surface area contributed by atoms with E-state index >= 15 is 0 Å². The second-order valence-corrected chi connectivity index (χ2v) is 9.43. The first-order valence-electron chi connectivity index (χ1n) is 11.0. The van der Waals surface area contributed by atoms with Crippen LogP contribution in [0.2, 0.25) is 0 Å². The van der Waals surface area contributed by atoms with Crippen LogP contribution in [-0.4, -0.2) is 28.5 Å². The number of unbranched alkanes of at least 4 members (excludes halogenated alkanes) is 1. The van der Waals surface area contributed by atoms with Crippen LogP contribution in [0.25, 0.3) is 6.08 Å². The standard InChI is InChI=1S/C27H29NO5S/c1-4-5-9-21-12-16-23(17-13-21)28(34(30,31)24-10-7-6-8-11-24)27(29)19-15-22-14-18-25(32-2)26(20-22)33-3/h6-8,10-20H,4-5,9H2,1-3H3/b19-15+. The zero-order valence-corrected chi connectivity index (χ0v) is 20.4. The van der Waals surface area contributed by atoms with Crippen molar-refractivity contribution in [3.63, 3.8) is 0 Å². The van der Waals surface area contributed by atoms with Crippen molar-refractivity contribution in [3.05, 3.63) is 90.0 Å². The lowest BCUT2D eigenvalue weighted by atomic mass is 10.1. The van der Waals surface area contributed by atoms with Crippen LogP contribution in [0.4, 0.5) is 5.69 Å². The Morgan fingerprint density at radius 3 is 2.21 bits per heavy atom. The number of methoxy groups -OCH3 is 2. The summed E-state index contributed by atoms with van der Waals surface area (Å²) in [4.78, 5) is 13.3. The molecule has 7 heteroatoms. The van der Waals surface area contributed by atoms with Gasteiger partial charge in [-0.2, -0.15) is 4.31 Å². The first-order chi connectivity index (χ1) is 16.4. The van der Waals surface area contributed by atoms with Gasteiger partial charge in [-0.05, 0) is 66.4 Å². The maximum atomic E-state index is 13.5. The second-order valence-electron chi connectivity index (χ2n) is 7.64. The number of hydrogen-bond donors (Lipinski definition) is 0. The Morgan fingerprint density at radius 2 is 1.59 bits per heavy atom. The molecule has 0 heterocycles. The molecule has 0 aliphatic carbocycles. The van der Waals surface area contributed by atoms with E-state index in [0.717, 1.165) is 29.1 Å². The highest BCUT2D eigenvalue weighted by molar-refractivity contribution is 7.93. The molecule has 3 aromatic carbocycles. The lowest BCUT2D eigenvalue weighted by Crippen LogP contribution is -2.35. The topological polar surface area (TPSA) is 72.9 Å². The van der Waals surface area contributed by atoms with Crippen molar-refractivity contribution in [1.82, 2.24) is 0 Å². The maximum absolute atomic E-state index is 13.5. The van der Waals surface area contributed by atoms with E-state index in [9.17, 15) is 13.2 Å². The van der Waals surface area contributed by atoms with Gasteiger partial charge in [0.05, 0.1) is 24.8 Å². The highest BCUT2D eigenvalue weighted by Gasteiger charge is 2.29. The minimum atomic E-state index is -4.12. The largest absolute Gasteiger partial charge is 0.493 e. The second kappa shape index (κ2) is 11.5. The van der Waals surface area contributed by atoms with E-state index in [1.807, 2.05) is 12.1 Å². The Bertz CT molecular complexity index is 1240. The number of amides is 1. The van der Waals surface area contributed by atoms with Crippen LogP contribution >= 0.6 is 0 Å². The van der Waals surface area contributed by atoms with Crippen molar-refractivity contribution in [2.75, 3.05) is 18.5 Å². The van der Waals surface area contributed by atoms with Crippen molar-refractivity contribution in [2.24, 2.45) is 0 Å². The van der Waals surface area contributed by atoms with E-state index < -0.39 is 15.9 Å². The van der Waals surface area contributed by atoms with Crippen molar-refractivity contribution in [1.29, 1.82) is 0 Å². The predicted molar refractivity (Wildman–Crippen MR) is 135 cm³/mol. The number of carbonyl (C=O) groups is 1. The summed E-state index contributed by atoms with van der Waals surface area (Å²) in [5.74, 6) is 0.385. The Hall–Kier alpha value is -3.58. The summed E-state index contributed by atoms with van der Waals surface area (Å²) in [5.41, 5.74) is 2.04. The number of benzene rings is 3. The van der Waals surface area contributed by atoms with Gasteiger partial charge in [-0.3, -0.25) is 4.79 Å². The molecule has 0 aliphatic rings. The van der Waals surface area contributed by atoms with E-state index in [0.29, 0.717) is 17.1 Å². The highest BCUT2D eigenvalue weighted by Crippen LogP contribution is 2.29. The number of aryl methyl sites for hydroxylation is 1. The minimum absolute atomic E-state index is 0.0397. The average Bonchev–Trinajstić information content (AvgIpc) is 2.87. The van der Waals surface area contributed by atoms with Gasteiger partial charge in [0.25, 0.3) is 15.9 Å². The molecule has 178 valence electrons. The molecule has 0 atom stereocenters. The molecule has 0 unspecified atom stereocenters. The summed E-state index contributed by atoms with van der Waals surface area (Å²) in [7, 11) is -1.06. The normalized spacial score (nSPS) is 11.4. The summed E-state index contributed by atoms with van der Waals surface area (Å²) in [5, 5.41) is 0. The summed E-state index contributed by atoms with van der Waals surface area (Å²) in [6.07, 6.45) is 5.80. The Kier molecular flexibility index (Phi) is 8.49. The number of anilines is 1. The lowest BCUT2D eigenvalue weighted by molar-refractivity contribution is -0.113. The van der Waals surface area contributed by atoms with Crippen molar-refractivity contribution < 1.29 is 22.7 Å². The first kappa shape index (κ1) is 25.1. The van der Waals surface area contributed by atoms with Crippen LogP contribution < -0.4 is 13.8 Å². The third kappa shape index (κ3) is 5.85. The van der Waals surface area contributed by atoms with Crippen LogP contribution in [-0.2, 0) is 21.2 Å². The lowest BCUT2D eigenvalue weighted by Gasteiger charge is -2.21. The van der Waals surface area contributed by atoms with E-state index in [4.69, 9.17) is 9.47 Å². The van der Waals surface area contributed by atoms with Crippen LogP contribution in [0, 0.1) is 0 Å². The van der Waals surface area contributed by atoms with Crippen LogP contribution in [0.1, 0.15) is 30.9 Å². The number of hydrogen-bond acceptors (Lipinski definition) is 5. The molecular formula is C27H29NO5S. The van der Waals surface area contributed by atoms with Gasteiger partial charge >= 0.3 is 0 Å². The molecule has 0 fully saturated rings. The molecule has 0 aliphatic heterocycles. The van der Waals surface area contributed by atoms with E-state index in [1.165, 1.54) is 32.4 Å². The monoisotopic (exact) mass is 479 g/mol. The molecule has 1 amide bonds. The molecule has 0 N–H and O–H groups in total. The third-order valence-electron chi connectivity index (χ3n) is 5.30. The van der Waals surface area contributed by atoms with E-state index in [-0.39, 0.29) is 10.6 Å². The summed E-state index contributed by atoms with van der Waals surface area (Å²) in [6.45, 7) is 2.12. The molecule has 0 saturated heterocycles. The van der Waals surface area contributed by atoms with Crippen molar-refractivity contribution in [2.45, 2.75) is 31.1 Å². The maximum Gasteiger partial charge on any atom is 0.271 e. The molecule has 0 aromatic heterocycles. The molecule has 0 spiro atoms. The molecule has 0 saturated carbocycles. The fourth-order valence-corrected chi connectivity index (χ4v) is 4.86. The molecular weight excluding hydrogens is 450 g/mol. The Morgan fingerprint density at radius 1 is 0.912 bits per heavy atom. The van der Waals surface area contributed by atoms with Gasteiger partial charge in [-0.15, -0.1) is 0 Å². The van der Waals surface area contributed by atoms with Gasteiger partial charge in [0.15, 0.2) is 11.5 Å². The van der Waals surface area contributed by atoms with Gasteiger partial charge in [-0.1, -0.05) is 49.7 Å². The molecule has 6 nitrogen and oxygen atoms in total. The van der Waals surface area contributed by atoms with Gasteiger partial charge in [0, 0.05) is 6.08 Å². The van der Waals surface area contributed by atoms with Crippen LogP contribution in [0.5, 0.6) is 11.5 Å². The van der Waals surface area contributed by atoms with Gasteiger partial charge < -0.3 is 9.47 Å². The molecule has 0 radical (unpaired) electrons. The number of ether oxygens (including phenoxy) is 2. The van der Waals surface area contributed by atoms with Crippen LogP contribution in [0.15, 0.2) is 83.8 Å².